The van der Waals surface area contributed by atoms with E-state index in [1.54, 1.807) is 0 Å². The van der Waals surface area contributed by atoms with E-state index in [1.165, 1.54) is 55.1 Å². The second kappa shape index (κ2) is 7.48. The summed E-state index contributed by atoms with van der Waals surface area (Å²) >= 11 is 1.36. The van der Waals surface area contributed by atoms with Crippen molar-refractivity contribution < 1.29 is 0 Å². The third-order valence-electron chi connectivity index (χ3n) is 8.59. The van der Waals surface area contributed by atoms with Gasteiger partial charge in [0.1, 0.15) is 0 Å². The molecule has 4 aromatic carbocycles. The number of hydrogen-bond donors (Lipinski definition) is 2. The third kappa shape index (κ3) is 2.90. The Morgan fingerprint density at radius 2 is 0.897 bits per heavy atom. The van der Waals surface area contributed by atoms with Gasteiger partial charge in [0.25, 0.3) is 0 Å². The van der Waals surface area contributed by atoms with E-state index in [1.807, 2.05) is 12.2 Å². The summed E-state index contributed by atoms with van der Waals surface area (Å²) in [6.45, 7) is 0. The van der Waals surface area contributed by atoms with Gasteiger partial charge in [-0.05, 0) is 70.9 Å². The average molecular weight is 523 g/mol. The molecular formula is C32H22N6S. The summed E-state index contributed by atoms with van der Waals surface area (Å²) in [6, 6.07) is 17.5. The molecule has 4 aliphatic rings. The Morgan fingerprint density at radius 1 is 0.513 bits per heavy atom. The van der Waals surface area contributed by atoms with Crippen molar-refractivity contribution in [3.05, 3.63) is 105 Å². The van der Waals surface area contributed by atoms with E-state index in [4.69, 9.17) is 21.5 Å². The fourth-order valence-corrected chi connectivity index (χ4v) is 7.48. The molecule has 0 bridgehead atoms. The monoisotopic (exact) mass is 522 g/mol. The van der Waals surface area contributed by atoms with Gasteiger partial charge in [-0.1, -0.05) is 59.9 Å². The van der Waals surface area contributed by atoms with Gasteiger partial charge in [0.2, 0.25) is 10.3 Å². The van der Waals surface area contributed by atoms with Crippen LogP contribution < -0.4 is 11.5 Å². The number of allylic oxidation sites excluding steroid dienone is 2. The lowest BCUT2D eigenvalue weighted by Crippen LogP contribution is -2.11. The first-order valence-electron chi connectivity index (χ1n) is 13.2. The molecular weight excluding hydrogens is 500 g/mol. The van der Waals surface area contributed by atoms with Crippen molar-refractivity contribution >= 4 is 66.0 Å². The molecule has 5 aromatic rings. The number of nitrogens with two attached hydrogens (primary N) is 2. The second-order valence-corrected chi connectivity index (χ2v) is 11.6. The van der Waals surface area contributed by atoms with E-state index in [0.717, 1.165) is 70.8 Å². The first-order chi connectivity index (χ1) is 19.1. The van der Waals surface area contributed by atoms with E-state index in [9.17, 15) is 0 Å². The molecule has 4 aliphatic carbocycles. The number of benzene rings is 4. The molecule has 0 amide bonds. The van der Waals surface area contributed by atoms with Crippen LogP contribution in [0.1, 0.15) is 44.5 Å². The van der Waals surface area contributed by atoms with Crippen LogP contribution in [0.4, 0.5) is 10.3 Å². The predicted octanol–water partition coefficient (Wildman–Crippen LogP) is 5.91. The Balaban J connectivity index is 1.15. The number of aromatic nitrogens is 2. The van der Waals surface area contributed by atoms with Gasteiger partial charge in [-0.3, -0.25) is 0 Å². The lowest BCUT2D eigenvalue weighted by molar-refractivity contribution is 1.02. The molecule has 0 saturated carbocycles. The van der Waals surface area contributed by atoms with Crippen LogP contribution in [-0.4, -0.2) is 21.6 Å². The summed E-state index contributed by atoms with van der Waals surface area (Å²) in [6.07, 6.45) is 8.19. The molecule has 0 atom stereocenters. The lowest BCUT2D eigenvalue weighted by atomic mass is 9.88. The van der Waals surface area contributed by atoms with Crippen LogP contribution in [0, 0.1) is 0 Å². The first-order valence-corrected chi connectivity index (χ1v) is 14.1. The van der Waals surface area contributed by atoms with Crippen LogP contribution in [0.3, 0.4) is 0 Å². The van der Waals surface area contributed by atoms with E-state index in [-0.39, 0.29) is 0 Å². The third-order valence-corrected chi connectivity index (χ3v) is 9.30. The highest BCUT2D eigenvalue weighted by atomic mass is 32.1. The minimum absolute atomic E-state index is 0.550. The summed E-state index contributed by atoms with van der Waals surface area (Å²) < 4.78 is 0. The van der Waals surface area contributed by atoms with Crippen LogP contribution in [-0.2, 0) is 25.7 Å². The fraction of sp³-hybridized carbons (Fsp3) is 0.125. The van der Waals surface area contributed by atoms with Gasteiger partial charge in [0, 0.05) is 44.4 Å². The molecule has 7 heteroatoms. The number of hydrogen-bond acceptors (Lipinski definition) is 7. The highest BCUT2D eigenvalue weighted by Gasteiger charge is 2.26. The topological polar surface area (TPSA) is 103 Å². The quantitative estimate of drug-likeness (QED) is 0.301. The molecule has 1 heterocycles. The van der Waals surface area contributed by atoms with Crippen LogP contribution >= 0.6 is 11.3 Å². The van der Waals surface area contributed by atoms with E-state index in [0.29, 0.717) is 10.3 Å². The van der Waals surface area contributed by atoms with Crippen molar-refractivity contribution in [1.29, 1.82) is 0 Å². The van der Waals surface area contributed by atoms with Crippen molar-refractivity contribution in [3.63, 3.8) is 0 Å². The summed E-state index contributed by atoms with van der Waals surface area (Å²) in [5, 5.41) is 14.9. The largest absolute Gasteiger partial charge is 0.398 e. The van der Waals surface area contributed by atoms with Crippen molar-refractivity contribution in [2.45, 2.75) is 25.7 Å². The maximum absolute atomic E-state index is 6.52. The molecule has 6 nitrogen and oxygen atoms in total. The van der Waals surface area contributed by atoms with Crippen molar-refractivity contribution in [2.75, 3.05) is 0 Å². The summed E-state index contributed by atoms with van der Waals surface area (Å²) in [5.41, 5.74) is 26.0. The number of nitrogens with zero attached hydrogens (tertiary/aromatic N) is 4. The number of aryl methyl sites for hydroxylation is 4. The van der Waals surface area contributed by atoms with Crippen LogP contribution in [0.2, 0.25) is 0 Å². The Labute approximate surface area is 228 Å². The molecule has 0 spiro atoms. The normalized spacial score (nSPS) is 18.5. The minimum Gasteiger partial charge on any atom is -0.398 e. The van der Waals surface area contributed by atoms with E-state index < -0.39 is 0 Å². The van der Waals surface area contributed by atoms with Crippen LogP contribution in [0.15, 0.2) is 70.7 Å². The smallest absolute Gasteiger partial charge is 0.233 e. The van der Waals surface area contributed by atoms with E-state index >= 15 is 0 Å². The molecule has 0 fully saturated rings. The highest BCUT2D eigenvalue weighted by molar-refractivity contribution is 7.18. The molecule has 0 aliphatic heterocycles. The predicted molar refractivity (Wildman–Crippen MR) is 159 cm³/mol. The maximum atomic E-state index is 6.52. The van der Waals surface area contributed by atoms with Gasteiger partial charge < -0.3 is 11.5 Å². The van der Waals surface area contributed by atoms with Crippen molar-refractivity contribution in [2.24, 2.45) is 21.5 Å². The molecule has 1 aromatic heterocycles. The fourth-order valence-electron chi connectivity index (χ4n) is 6.86. The zero-order valence-corrected chi connectivity index (χ0v) is 21.8. The van der Waals surface area contributed by atoms with Crippen LogP contribution in [0.25, 0.3) is 32.9 Å². The van der Waals surface area contributed by atoms with Crippen molar-refractivity contribution in [3.8, 4) is 0 Å². The van der Waals surface area contributed by atoms with Crippen molar-refractivity contribution in [1.82, 2.24) is 10.2 Å². The minimum atomic E-state index is 0.550. The first kappa shape index (κ1) is 21.3. The average Bonchev–Trinajstić information content (AvgIpc) is 3.68. The lowest BCUT2D eigenvalue weighted by Gasteiger charge is -2.19. The Hall–Kier alpha value is -4.62. The Morgan fingerprint density at radius 3 is 1.31 bits per heavy atom. The molecule has 0 unspecified atom stereocenters. The molecule has 9 rings (SSSR count). The number of aliphatic imine (C=N–C) groups is 2. The van der Waals surface area contributed by atoms with Gasteiger partial charge in [-0.2, -0.15) is 0 Å². The SMILES string of the molecule is NC1=CC(=Nc2nnc(N=C3C=C(N)c4ccc5c6c(ccc3c46)CC5)s2)c2ccc3c4c(ccc1c24)CC3. The molecule has 4 N–H and O–H groups in total. The van der Waals surface area contributed by atoms with E-state index in [2.05, 4.69) is 58.7 Å². The van der Waals surface area contributed by atoms with Gasteiger partial charge in [0.15, 0.2) is 0 Å². The zero-order valence-electron chi connectivity index (χ0n) is 21.0. The highest BCUT2D eigenvalue weighted by Crippen LogP contribution is 2.41. The molecule has 0 radical (unpaired) electrons. The summed E-state index contributed by atoms with van der Waals surface area (Å²) in [5.74, 6) is 0. The van der Waals surface area contributed by atoms with Gasteiger partial charge in [-0.25, -0.2) is 9.98 Å². The van der Waals surface area contributed by atoms with Crippen LogP contribution in [0.5, 0.6) is 0 Å². The number of rotatable bonds is 2. The standard InChI is InChI=1S/C32H22N6S/c33-23-13-25(21-11-7-17-3-1-15-5-9-19(23)29(21)27(15)17)35-31-37-38-32(39-31)36-26-14-24(34)20-10-6-16-2-4-18-8-12-22(26)30(20)28(16)18/h5-14H,1-4,33-34H2. The molecule has 186 valence electrons. The van der Waals surface area contributed by atoms with Gasteiger partial charge in [-0.15, -0.1) is 10.2 Å². The van der Waals surface area contributed by atoms with Gasteiger partial charge in [0.05, 0.1) is 11.4 Å². The summed E-state index contributed by atoms with van der Waals surface area (Å²) in [4.78, 5) is 9.81. The Kier molecular flexibility index (Phi) is 4.09. The summed E-state index contributed by atoms with van der Waals surface area (Å²) in [7, 11) is 0. The molecule has 0 saturated heterocycles. The molecule has 39 heavy (non-hydrogen) atoms. The Bertz CT molecular complexity index is 1920. The zero-order chi connectivity index (χ0) is 25.8. The maximum Gasteiger partial charge on any atom is 0.233 e. The second-order valence-electron chi connectivity index (χ2n) is 10.6. The van der Waals surface area contributed by atoms with Gasteiger partial charge >= 0.3 is 0 Å².